The van der Waals surface area contributed by atoms with E-state index in [2.05, 4.69) is 63.2 Å². The van der Waals surface area contributed by atoms with E-state index in [1.807, 2.05) is 0 Å². The minimum Gasteiger partial charge on any atom is -0.0651 e. The molecule has 2 aromatic rings. The SMILES string of the molecule is CCCc1ccc(Cc2ccc(C)c(C)c2)cc1. The minimum absolute atomic E-state index is 1.04. The molecule has 0 amide bonds. The van der Waals surface area contributed by atoms with Gasteiger partial charge in [0.1, 0.15) is 0 Å². The summed E-state index contributed by atoms with van der Waals surface area (Å²) >= 11 is 0. The van der Waals surface area contributed by atoms with Crippen LogP contribution in [0.4, 0.5) is 0 Å². The summed E-state index contributed by atoms with van der Waals surface area (Å²) in [5.41, 5.74) is 7.01. The van der Waals surface area contributed by atoms with E-state index in [0.717, 1.165) is 6.42 Å². The molecule has 0 radical (unpaired) electrons. The van der Waals surface area contributed by atoms with Crippen LogP contribution < -0.4 is 0 Å². The zero-order valence-corrected chi connectivity index (χ0v) is 11.7. The summed E-state index contributed by atoms with van der Waals surface area (Å²) in [5, 5.41) is 0. The maximum atomic E-state index is 2.30. The molecule has 2 aromatic carbocycles. The largest absolute Gasteiger partial charge is 0.0651 e. The van der Waals surface area contributed by atoms with E-state index in [1.54, 1.807) is 0 Å². The van der Waals surface area contributed by atoms with Crippen LogP contribution in [0.5, 0.6) is 0 Å². The molecule has 0 fully saturated rings. The number of hydrogen-bond donors (Lipinski definition) is 0. The molecule has 0 bridgehead atoms. The Hall–Kier alpha value is -1.56. The number of rotatable bonds is 4. The Morgan fingerprint density at radius 2 is 1.33 bits per heavy atom. The van der Waals surface area contributed by atoms with Gasteiger partial charge in [-0.1, -0.05) is 55.8 Å². The lowest BCUT2D eigenvalue weighted by Gasteiger charge is -2.06. The second-order valence-electron chi connectivity index (χ2n) is 5.16. The summed E-state index contributed by atoms with van der Waals surface area (Å²) in [7, 11) is 0. The molecule has 0 saturated heterocycles. The Morgan fingerprint density at radius 3 is 1.94 bits per heavy atom. The lowest BCUT2D eigenvalue weighted by Crippen LogP contribution is -1.91. The first-order chi connectivity index (χ1) is 8.69. The molecule has 0 heteroatoms. The summed E-state index contributed by atoms with van der Waals surface area (Å²) in [6, 6.07) is 15.8. The van der Waals surface area contributed by atoms with Gasteiger partial charge in [-0.05, 0) is 54.5 Å². The van der Waals surface area contributed by atoms with Crippen molar-refractivity contribution in [2.24, 2.45) is 0 Å². The van der Waals surface area contributed by atoms with Crippen molar-refractivity contribution >= 4 is 0 Å². The van der Waals surface area contributed by atoms with Gasteiger partial charge in [-0.15, -0.1) is 0 Å². The molecule has 2 rings (SSSR count). The van der Waals surface area contributed by atoms with Gasteiger partial charge in [-0.2, -0.15) is 0 Å². The predicted molar refractivity (Wildman–Crippen MR) is 79.2 cm³/mol. The van der Waals surface area contributed by atoms with Gasteiger partial charge in [0.2, 0.25) is 0 Å². The second-order valence-corrected chi connectivity index (χ2v) is 5.16. The van der Waals surface area contributed by atoms with Crippen molar-refractivity contribution in [3.8, 4) is 0 Å². The van der Waals surface area contributed by atoms with Crippen molar-refractivity contribution in [2.75, 3.05) is 0 Å². The monoisotopic (exact) mass is 238 g/mol. The summed E-state index contributed by atoms with van der Waals surface area (Å²) in [6.07, 6.45) is 3.44. The van der Waals surface area contributed by atoms with Crippen LogP contribution in [0.1, 0.15) is 41.2 Å². The fourth-order valence-electron chi connectivity index (χ4n) is 2.26. The van der Waals surface area contributed by atoms with Crippen molar-refractivity contribution in [1.29, 1.82) is 0 Å². The number of aryl methyl sites for hydroxylation is 3. The first kappa shape index (κ1) is 12.9. The maximum absolute atomic E-state index is 2.30. The molecule has 0 atom stereocenters. The van der Waals surface area contributed by atoms with E-state index in [1.165, 1.54) is 40.7 Å². The molecule has 0 unspecified atom stereocenters. The van der Waals surface area contributed by atoms with Crippen molar-refractivity contribution in [1.82, 2.24) is 0 Å². The number of benzene rings is 2. The van der Waals surface area contributed by atoms with Gasteiger partial charge in [-0.25, -0.2) is 0 Å². The fraction of sp³-hybridized carbons (Fsp3) is 0.333. The Morgan fingerprint density at radius 1 is 0.722 bits per heavy atom. The minimum atomic E-state index is 1.04. The van der Waals surface area contributed by atoms with Crippen LogP contribution in [0.3, 0.4) is 0 Å². The summed E-state index contributed by atoms with van der Waals surface area (Å²) in [5.74, 6) is 0. The first-order valence-corrected chi connectivity index (χ1v) is 6.83. The second kappa shape index (κ2) is 5.86. The molecule has 0 saturated carbocycles. The maximum Gasteiger partial charge on any atom is -0.00257 e. The highest BCUT2D eigenvalue weighted by atomic mass is 14.0. The van der Waals surface area contributed by atoms with E-state index in [4.69, 9.17) is 0 Å². The van der Waals surface area contributed by atoms with Crippen LogP contribution in [0.2, 0.25) is 0 Å². The van der Waals surface area contributed by atoms with E-state index in [-0.39, 0.29) is 0 Å². The third-order valence-corrected chi connectivity index (χ3v) is 3.54. The molecule has 0 heterocycles. The Labute approximate surface area is 111 Å². The van der Waals surface area contributed by atoms with Gasteiger partial charge >= 0.3 is 0 Å². The highest BCUT2D eigenvalue weighted by molar-refractivity contribution is 5.34. The van der Waals surface area contributed by atoms with Gasteiger partial charge in [0, 0.05) is 0 Å². The van der Waals surface area contributed by atoms with E-state index in [9.17, 15) is 0 Å². The van der Waals surface area contributed by atoms with Crippen LogP contribution in [0.15, 0.2) is 42.5 Å². The van der Waals surface area contributed by atoms with E-state index in [0.29, 0.717) is 0 Å². The molecular formula is C18H22. The highest BCUT2D eigenvalue weighted by Crippen LogP contribution is 2.15. The Balaban J connectivity index is 2.10. The molecule has 0 aliphatic carbocycles. The van der Waals surface area contributed by atoms with Crippen molar-refractivity contribution in [3.05, 3.63) is 70.3 Å². The molecule has 0 aliphatic heterocycles. The lowest BCUT2D eigenvalue weighted by atomic mass is 9.99. The van der Waals surface area contributed by atoms with Gasteiger partial charge in [0.15, 0.2) is 0 Å². The van der Waals surface area contributed by atoms with Gasteiger partial charge in [-0.3, -0.25) is 0 Å². The Kier molecular flexibility index (Phi) is 4.19. The lowest BCUT2D eigenvalue weighted by molar-refractivity contribution is 0.920. The molecule has 94 valence electrons. The van der Waals surface area contributed by atoms with Crippen molar-refractivity contribution in [3.63, 3.8) is 0 Å². The van der Waals surface area contributed by atoms with Gasteiger partial charge < -0.3 is 0 Å². The highest BCUT2D eigenvalue weighted by Gasteiger charge is 1.99. The first-order valence-electron chi connectivity index (χ1n) is 6.83. The van der Waals surface area contributed by atoms with E-state index < -0.39 is 0 Å². The van der Waals surface area contributed by atoms with Crippen LogP contribution >= 0.6 is 0 Å². The molecule has 0 nitrogen and oxygen atoms in total. The average Bonchev–Trinajstić information content (AvgIpc) is 2.37. The molecule has 0 spiro atoms. The summed E-state index contributed by atoms with van der Waals surface area (Å²) in [6.45, 7) is 6.57. The van der Waals surface area contributed by atoms with Gasteiger partial charge in [0.05, 0.1) is 0 Å². The third kappa shape index (κ3) is 3.22. The average molecular weight is 238 g/mol. The van der Waals surface area contributed by atoms with Crippen molar-refractivity contribution < 1.29 is 0 Å². The van der Waals surface area contributed by atoms with Gasteiger partial charge in [0.25, 0.3) is 0 Å². The standard InChI is InChI=1S/C18H22/c1-4-5-16-8-10-17(11-9-16)13-18-7-6-14(2)15(3)12-18/h6-12H,4-5,13H2,1-3H3. The number of hydrogen-bond acceptors (Lipinski definition) is 0. The molecular weight excluding hydrogens is 216 g/mol. The Bertz CT molecular complexity index is 506. The molecule has 0 aliphatic rings. The van der Waals surface area contributed by atoms with Crippen LogP contribution in [0.25, 0.3) is 0 Å². The molecule has 18 heavy (non-hydrogen) atoms. The summed E-state index contributed by atoms with van der Waals surface area (Å²) in [4.78, 5) is 0. The predicted octanol–water partition coefficient (Wildman–Crippen LogP) is 4.85. The third-order valence-electron chi connectivity index (χ3n) is 3.54. The smallest absolute Gasteiger partial charge is 0.00257 e. The zero-order valence-electron chi connectivity index (χ0n) is 11.7. The van der Waals surface area contributed by atoms with Crippen molar-refractivity contribution in [2.45, 2.75) is 40.0 Å². The quantitative estimate of drug-likeness (QED) is 0.714. The fourth-order valence-corrected chi connectivity index (χ4v) is 2.26. The van der Waals surface area contributed by atoms with Crippen LogP contribution in [-0.4, -0.2) is 0 Å². The molecule has 0 N–H and O–H groups in total. The zero-order chi connectivity index (χ0) is 13.0. The summed E-state index contributed by atoms with van der Waals surface area (Å²) < 4.78 is 0. The van der Waals surface area contributed by atoms with Crippen LogP contribution in [-0.2, 0) is 12.8 Å². The van der Waals surface area contributed by atoms with E-state index >= 15 is 0 Å². The topological polar surface area (TPSA) is 0 Å². The molecule has 0 aromatic heterocycles. The normalized spacial score (nSPS) is 10.6. The van der Waals surface area contributed by atoms with Crippen LogP contribution in [0, 0.1) is 13.8 Å².